The van der Waals surface area contributed by atoms with Crippen LogP contribution in [0.4, 0.5) is 0 Å². The number of nitrogens with zero attached hydrogens (tertiary/aromatic N) is 6. The maximum Gasteiger partial charge on any atom is 0.200 e. The molecule has 0 fully saturated rings. The summed E-state index contributed by atoms with van der Waals surface area (Å²) < 4.78 is 3.76. The van der Waals surface area contributed by atoms with Crippen molar-refractivity contribution in [1.82, 2.24) is 35.0 Å². The van der Waals surface area contributed by atoms with Crippen LogP contribution in [-0.2, 0) is 7.05 Å². The highest BCUT2D eigenvalue weighted by Gasteiger charge is 2.18. The van der Waals surface area contributed by atoms with Gasteiger partial charge in [-0.25, -0.2) is 0 Å². The Labute approximate surface area is 213 Å². The lowest BCUT2D eigenvalue weighted by Gasteiger charge is -2.09. The van der Waals surface area contributed by atoms with Gasteiger partial charge in [-0.1, -0.05) is 17.7 Å². The molecule has 0 radical (unpaired) electrons. The largest absolute Gasteiger partial charge is 0.370 e. The van der Waals surface area contributed by atoms with Gasteiger partial charge in [0.2, 0.25) is 0 Å². The third kappa shape index (κ3) is 3.54. The third-order valence-corrected chi connectivity index (χ3v) is 7.31. The van der Waals surface area contributed by atoms with Crippen molar-refractivity contribution in [3.8, 4) is 33.8 Å². The fraction of sp³-hybridized carbons (Fsp3) is 0.0400. The number of nitrogens with one attached hydrogen (secondary N) is 1. The van der Waals surface area contributed by atoms with Crippen LogP contribution in [0.5, 0.6) is 11.5 Å². The standard InChI is InChI=1S/C25H16ClN7O2S/c1-32-12-16(10-28-32)15-3-7-23-29-30-25(33(23)13-15)36-17-4-5-20-18(9-17)24(26)19(11-27-20)14-2-6-21-22(8-14)35-31-34-21/h2-13,31H,1H3. The first-order valence-electron chi connectivity index (χ1n) is 11.0. The SMILES string of the molecule is Cn1cc(-c2ccc3nnc(Sc4ccc5ncc(-c6ccc7c(c6)ONO7)c(Cl)c5c4)n3c2)cn1. The molecule has 0 saturated carbocycles. The highest BCUT2D eigenvalue weighted by Crippen LogP contribution is 2.40. The number of hydrogen-bond acceptors (Lipinski definition) is 8. The zero-order valence-corrected chi connectivity index (χ0v) is 20.3. The van der Waals surface area contributed by atoms with E-state index in [4.69, 9.17) is 21.3 Å². The van der Waals surface area contributed by atoms with Crippen molar-refractivity contribution in [3.63, 3.8) is 0 Å². The number of fused-ring (bicyclic) bond motifs is 3. The van der Waals surface area contributed by atoms with Crippen LogP contribution >= 0.6 is 23.4 Å². The second-order valence-corrected chi connectivity index (χ2v) is 9.67. The minimum atomic E-state index is 0.595. The van der Waals surface area contributed by atoms with E-state index in [0.717, 1.165) is 48.9 Å². The van der Waals surface area contributed by atoms with Crippen LogP contribution in [0, 0.1) is 0 Å². The molecule has 5 heterocycles. The maximum absolute atomic E-state index is 6.89. The number of pyridine rings is 2. The van der Waals surface area contributed by atoms with Crippen molar-refractivity contribution in [2.24, 2.45) is 7.05 Å². The average molecular weight is 514 g/mol. The summed E-state index contributed by atoms with van der Waals surface area (Å²) in [5.74, 6) is 1.21. The molecule has 0 unspecified atom stereocenters. The number of aryl methyl sites for hydroxylation is 1. The topological polar surface area (TPSA) is 91.4 Å². The van der Waals surface area contributed by atoms with Crippen LogP contribution < -0.4 is 15.3 Å². The third-order valence-electron chi connectivity index (χ3n) is 5.95. The quantitative estimate of drug-likeness (QED) is 0.338. The first kappa shape index (κ1) is 21.2. The van der Waals surface area contributed by atoms with Crippen molar-refractivity contribution in [2.75, 3.05) is 0 Å². The molecule has 7 rings (SSSR count). The number of hydrogen-bond donors (Lipinski definition) is 1. The molecule has 0 aliphatic carbocycles. The summed E-state index contributed by atoms with van der Waals surface area (Å²) in [5, 5.41) is 15.2. The van der Waals surface area contributed by atoms with Crippen molar-refractivity contribution >= 4 is 39.9 Å². The summed E-state index contributed by atoms with van der Waals surface area (Å²) in [6.45, 7) is 0. The molecule has 0 bridgehead atoms. The molecule has 2 aromatic carbocycles. The van der Waals surface area contributed by atoms with Crippen LogP contribution in [0.3, 0.4) is 0 Å². The number of aromatic nitrogens is 6. The number of rotatable bonds is 4. The van der Waals surface area contributed by atoms with Gasteiger partial charge in [-0.2, -0.15) is 5.10 Å². The van der Waals surface area contributed by atoms with E-state index >= 15 is 0 Å². The van der Waals surface area contributed by atoms with Crippen LogP contribution in [0.1, 0.15) is 0 Å². The van der Waals surface area contributed by atoms with Gasteiger partial charge in [0.25, 0.3) is 0 Å². The van der Waals surface area contributed by atoms with E-state index in [1.54, 1.807) is 10.9 Å². The highest BCUT2D eigenvalue weighted by atomic mass is 35.5. The molecular formula is C25H16ClN7O2S. The van der Waals surface area contributed by atoms with E-state index in [2.05, 4.69) is 25.9 Å². The first-order chi connectivity index (χ1) is 17.6. The van der Waals surface area contributed by atoms with Gasteiger partial charge < -0.3 is 9.68 Å². The zero-order chi connectivity index (χ0) is 24.2. The molecule has 11 heteroatoms. The molecule has 176 valence electrons. The Hall–Kier alpha value is -4.12. The van der Waals surface area contributed by atoms with Gasteiger partial charge in [-0.15, -0.1) is 10.2 Å². The second kappa shape index (κ2) is 8.23. The fourth-order valence-electron chi connectivity index (χ4n) is 4.14. The van der Waals surface area contributed by atoms with E-state index in [0.29, 0.717) is 16.5 Å². The Morgan fingerprint density at radius 3 is 2.67 bits per heavy atom. The van der Waals surface area contributed by atoms with Gasteiger partial charge in [0.1, 0.15) is 0 Å². The summed E-state index contributed by atoms with van der Waals surface area (Å²) in [6, 6.07) is 15.6. The Kier molecular flexibility index (Phi) is 4.84. The predicted molar refractivity (Wildman–Crippen MR) is 136 cm³/mol. The molecule has 36 heavy (non-hydrogen) atoms. The molecule has 0 spiro atoms. The Morgan fingerprint density at radius 1 is 0.889 bits per heavy atom. The molecule has 4 aromatic heterocycles. The van der Waals surface area contributed by atoms with Crippen LogP contribution in [-0.4, -0.2) is 29.4 Å². The summed E-state index contributed by atoms with van der Waals surface area (Å²) in [4.78, 5) is 16.1. The van der Waals surface area contributed by atoms with Gasteiger partial charge in [0, 0.05) is 58.3 Å². The molecule has 1 aliphatic heterocycles. The average Bonchev–Trinajstić information content (AvgIpc) is 3.64. The second-order valence-electron chi connectivity index (χ2n) is 8.25. The van der Waals surface area contributed by atoms with Gasteiger partial charge in [0.15, 0.2) is 22.3 Å². The van der Waals surface area contributed by atoms with Crippen LogP contribution in [0.2, 0.25) is 5.02 Å². The van der Waals surface area contributed by atoms with Crippen molar-refractivity contribution in [3.05, 3.63) is 78.3 Å². The molecule has 1 aliphatic rings. The predicted octanol–water partition coefficient (Wildman–Crippen LogP) is 5.34. The van der Waals surface area contributed by atoms with Gasteiger partial charge in [0.05, 0.1) is 16.7 Å². The van der Waals surface area contributed by atoms with Crippen LogP contribution in [0.15, 0.2) is 83.4 Å². The van der Waals surface area contributed by atoms with E-state index < -0.39 is 0 Å². The van der Waals surface area contributed by atoms with Crippen molar-refractivity contribution in [1.29, 1.82) is 0 Å². The molecule has 0 amide bonds. The number of benzene rings is 2. The number of halogens is 1. The van der Waals surface area contributed by atoms with E-state index in [9.17, 15) is 0 Å². The molecular weight excluding hydrogens is 498 g/mol. The highest BCUT2D eigenvalue weighted by molar-refractivity contribution is 7.99. The lowest BCUT2D eigenvalue weighted by molar-refractivity contribution is 0.0260. The minimum absolute atomic E-state index is 0.595. The zero-order valence-electron chi connectivity index (χ0n) is 18.7. The van der Waals surface area contributed by atoms with E-state index in [-0.39, 0.29) is 0 Å². The lowest BCUT2D eigenvalue weighted by atomic mass is 10.0. The molecule has 0 atom stereocenters. The fourth-order valence-corrected chi connectivity index (χ4v) is 5.30. The summed E-state index contributed by atoms with van der Waals surface area (Å²) in [7, 11) is 1.90. The molecule has 0 saturated heterocycles. The van der Waals surface area contributed by atoms with E-state index in [1.807, 2.05) is 78.6 Å². The lowest BCUT2D eigenvalue weighted by Crippen LogP contribution is -2.14. The maximum atomic E-state index is 6.89. The minimum Gasteiger partial charge on any atom is -0.370 e. The normalized spacial score (nSPS) is 12.6. The van der Waals surface area contributed by atoms with Crippen molar-refractivity contribution in [2.45, 2.75) is 10.1 Å². The van der Waals surface area contributed by atoms with E-state index in [1.165, 1.54) is 11.8 Å². The molecule has 1 N–H and O–H groups in total. The van der Waals surface area contributed by atoms with Gasteiger partial charge >= 0.3 is 0 Å². The van der Waals surface area contributed by atoms with Gasteiger partial charge in [-0.3, -0.25) is 14.1 Å². The Bertz CT molecular complexity index is 1800. The monoisotopic (exact) mass is 513 g/mol. The molecule has 6 aromatic rings. The Morgan fingerprint density at radius 2 is 1.78 bits per heavy atom. The van der Waals surface area contributed by atoms with Crippen molar-refractivity contribution < 1.29 is 9.68 Å². The van der Waals surface area contributed by atoms with Crippen LogP contribution in [0.25, 0.3) is 38.8 Å². The first-order valence-corrected chi connectivity index (χ1v) is 12.1. The Balaban J connectivity index is 1.26. The molecule has 9 nitrogen and oxygen atoms in total. The summed E-state index contributed by atoms with van der Waals surface area (Å²) >= 11 is 8.40. The summed E-state index contributed by atoms with van der Waals surface area (Å²) in [6.07, 6.45) is 7.61. The summed E-state index contributed by atoms with van der Waals surface area (Å²) in [5.41, 5.74) is 7.72. The smallest absolute Gasteiger partial charge is 0.200 e. The van der Waals surface area contributed by atoms with Gasteiger partial charge in [-0.05, 0) is 59.8 Å².